The van der Waals surface area contributed by atoms with Crippen molar-refractivity contribution in [1.82, 2.24) is 5.32 Å². The molecule has 1 aliphatic rings. The molecule has 0 bridgehead atoms. The average molecular weight is 187 g/mol. The summed E-state index contributed by atoms with van der Waals surface area (Å²) in [6, 6.07) is 9.17. The third kappa shape index (κ3) is 1.73. The van der Waals surface area contributed by atoms with E-state index in [1.54, 1.807) is 0 Å². The van der Waals surface area contributed by atoms with Crippen LogP contribution in [0.2, 0.25) is 0 Å². The monoisotopic (exact) mass is 187 g/mol. The van der Waals surface area contributed by atoms with E-state index in [1.165, 1.54) is 29.5 Å². The smallest absolute Gasteiger partial charge is 0.0251 e. The second kappa shape index (κ2) is 3.97. The molecule has 1 nitrogen and oxygen atoms in total. The molecule has 2 rings (SSSR count). The highest BCUT2D eigenvalue weighted by molar-refractivity contribution is 5.60. The number of aryl methyl sites for hydroxylation is 1. The summed E-state index contributed by atoms with van der Waals surface area (Å²) in [6.45, 7) is 2.22. The van der Waals surface area contributed by atoms with Crippen molar-refractivity contribution in [3.63, 3.8) is 0 Å². The minimum absolute atomic E-state index is 0.503. The van der Waals surface area contributed by atoms with Crippen LogP contribution in [0.3, 0.4) is 0 Å². The topological polar surface area (TPSA) is 12.0 Å². The quantitative estimate of drug-likeness (QED) is 0.750. The molecule has 0 radical (unpaired) electrons. The molecular formula is C13H17N. The molecular weight excluding hydrogens is 170 g/mol. The first-order chi connectivity index (χ1) is 6.81. The number of benzene rings is 1. The van der Waals surface area contributed by atoms with E-state index in [4.69, 9.17) is 0 Å². The Bertz CT molecular complexity index is 352. The van der Waals surface area contributed by atoms with Crippen LogP contribution >= 0.6 is 0 Å². The summed E-state index contributed by atoms with van der Waals surface area (Å²) in [6.07, 6.45) is 4.72. The molecule has 0 aliphatic heterocycles. The van der Waals surface area contributed by atoms with Crippen molar-refractivity contribution in [3.8, 4) is 0 Å². The largest absolute Gasteiger partial charge is 0.314 e. The minimum atomic E-state index is 0.503. The lowest BCUT2D eigenvalue weighted by molar-refractivity contribution is 0.660. The second-order valence-electron chi connectivity index (χ2n) is 3.93. The van der Waals surface area contributed by atoms with Crippen LogP contribution in [0.25, 0.3) is 6.08 Å². The van der Waals surface area contributed by atoms with Gasteiger partial charge in [-0.15, -0.1) is 0 Å². The fourth-order valence-electron chi connectivity index (χ4n) is 1.98. The normalized spacial score (nSPS) is 17.1. The van der Waals surface area contributed by atoms with Gasteiger partial charge >= 0.3 is 0 Å². The number of hydrogen-bond donors (Lipinski definition) is 1. The summed E-state index contributed by atoms with van der Waals surface area (Å²) in [5.74, 6) is 0. The first-order valence-electron chi connectivity index (χ1n) is 5.27. The van der Waals surface area contributed by atoms with E-state index in [-0.39, 0.29) is 0 Å². The van der Waals surface area contributed by atoms with Crippen LogP contribution in [-0.4, -0.2) is 13.1 Å². The molecule has 1 unspecified atom stereocenters. The molecule has 0 fully saturated rings. The van der Waals surface area contributed by atoms with Gasteiger partial charge in [-0.25, -0.2) is 0 Å². The van der Waals surface area contributed by atoms with E-state index >= 15 is 0 Å². The van der Waals surface area contributed by atoms with Gasteiger partial charge in [0, 0.05) is 6.04 Å². The first-order valence-corrected chi connectivity index (χ1v) is 5.27. The third-order valence-electron chi connectivity index (χ3n) is 3.07. The Morgan fingerprint density at radius 2 is 2.00 bits per heavy atom. The molecule has 0 spiro atoms. The summed E-state index contributed by atoms with van der Waals surface area (Å²) in [5.41, 5.74) is 4.40. The standard InChI is InChI=1S/C13H17N/c1-10(14-2)12-8-7-11-5-3-4-6-13(11)9-12/h3-6,9-10,14H,7-8H2,1-2H3. The Hall–Kier alpha value is -1.08. The molecule has 0 saturated carbocycles. The molecule has 1 aromatic rings. The molecule has 1 heteroatoms. The Labute approximate surface area is 85.8 Å². The van der Waals surface area contributed by atoms with Crippen molar-refractivity contribution < 1.29 is 0 Å². The van der Waals surface area contributed by atoms with Crippen molar-refractivity contribution in [2.75, 3.05) is 7.05 Å². The molecule has 0 heterocycles. The van der Waals surface area contributed by atoms with Crippen molar-refractivity contribution >= 4 is 6.08 Å². The molecule has 1 N–H and O–H groups in total. The van der Waals surface area contributed by atoms with Gasteiger partial charge in [-0.3, -0.25) is 0 Å². The summed E-state index contributed by atoms with van der Waals surface area (Å²) < 4.78 is 0. The summed E-state index contributed by atoms with van der Waals surface area (Å²) in [5, 5.41) is 3.30. The second-order valence-corrected chi connectivity index (χ2v) is 3.93. The van der Waals surface area contributed by atoms with Crippen LogP contribution in [0.4, 0.5) is 0 Å². The molecule has 0 amide bonds. The zero-order valence-corrected chi connectivity index (χ0v) is 8.88. The van der Waals surface area contributed by atoms with Crippen molar-refractivity contribution in [3.05, 3.63) is 41.0 Å². The fraction of sp³-hybridized carbons (Fsp3) is 0.385. The van der Waals surface area contributed by atoms with Crippen LogP contribution in [-0.2, 0) is 6.42 Å². The van der Waals surface area contributed by atoms with Gasteiger partial charge in [0.15, 0.2) is 0 Å². The van der Waals surface area contributed by atoms with Gasteiger partial charge in [-0.1, -0.05) is 35.9 Å². The summed E-state index contributed by atoms with van der Waals surface area (Å²) in [7, 11) is 2.02. The predicted molar refractivity (Wildman–Crippen MR) is 61.3 cm³/mol. The van der Waals surface area contributed by atoms with Gasteiger partial charge in [-0.2, -0.15) is 0 Å². The van der Waals surface area contributed by atoms with E-state index in [2.05, 4.69) is 42.6 Å². The van der Waals surface area contributed by atoms with Gasteiger partial charge in [-0.05, 0) is 37.9 Å². The minimum Gasteiger partial charge on any atom is -0.314 e. The highest BCUT2D eigenvalue weighted by atomic mass is 14.9. The molecule has 1 aromatic carbocycles. The molecule has 1 aliphatic carbocycles. The maximum Gasteiger partial charge on any atom is 0.0251 e. The molecule has 0 saturated heterocycles. The van der Waals surface area contributed by atoms with E-state index < -0.39 is 0 Å². The molecule has 1 atom stereocenters. The van der Waals surface area contributed by atoms with Crippen molar-refractivity contribution in [1.29, 1.82) is 0 Å². The first kappa shape index (κ1) is 9.47. The van der Waals surface area contributed by atoms with Gasteiger partial charge in [0.05, 0.1) is 0 Å². The lowest BCUT2D eigenvalue weighted by Gasteiger charge is -2.21. The van der Waals surface area contributed by atoms with Gasteiger partial charge in [0.25, 0.3) is 0 Å². The van der Waals surface area contributed by atoms with E-state index in [0.29, 0.717) is 6.04 Å². The van der Waals surface area contributed by atoms with Crippen LogP contribution in [0.5, 0.6) is 0 Å². The maximum atomic E-state index is 3.30. The molecule has 14 heavy (non-hydrogen) atoms. The number of nitrogens with one attached hydrogen (secondary N) is 1. The predicted octanol–water partition coefficient (Wildman–Crippen LogP) is 2.62. The third-order valence-corrected chi connectivity index (χ3v) is 3.07. The Morgan fingerprint density at radius 3 is 2.79 bits per heavy atom. The Balaban J connectivity index is 2.31. The van der Waals surface area contributed by atoms with Gasteiger partial charge < -0.3 is 5.32 Å². The van der Waals surface area contributed by atoms with E-state index in [0.717, 1.165) is 0 Å². The molecule has 74 valence electrons. The maximum absolute atomic E-state index is 3.30. The molecule has 0 aromatic heterocycles. The van der Waals surface area contributed by atoms with Crippen LogP contribution in [0, 0.1) is 0 Å². The highest BCUT2D eigenvalue weighted by Crippen LogP contribution is 2.25. The summed E-state index contributed by atoms with van der Waals surface area (Å²) >= 11 is 0. The lowest BCUT2D eigenvalue weighted by atomic mass is 9.89. The average Bonchev–Trinajstić information content (AvgIpc) is 2.27. The SMILES string of the molecule is CNC(C)C1=Cc2ccccc2CC1. The number of fused-ring (bicyclic) bond motifs is 1. The van der Waals surface area contributed by atoms with Crippen molar-refractivity contribution in [2.45, 2.75) is 25.8 Å². The van der Waals surface area contributed by atoms with Gasteiger partial charge in [0.2, 0.25) is 0 Å². The van der Waals surface area contributed by atoms with Crippen LogP contribution in [0.15, 0.2) is 29.8 Å². The van der Waals surface area contributed by atoms with Crippen LogP contribution < -0.4 is 5.32 Å². The zero-order chi connectivity index (χ0) is 9.97. The highest BCUT2D eigenvalue weighted by Gasteiger charge is 2.13. The van der Waals surface area contributed by atoms with E-state index in [9.17, 15) is 0 Å². The van der Waals surface area contributed by atoms with E-state index in [1.807, 2.05) is 7.05 Å². The zero-order valence-electron chi connectivity index (χ0n) is 8.88. The van der Waals surface area contributed by atoms with Crippen LogP contribution in [0.1, 0.15) is 24.5 Å². The number of rotatable bonds is 2. The summed E-state index contributed by atoms with van der Waals surface area (Å²) in [4.78, 5) is 0. The number of likely N-dealkylation sites (N-methyl/N-ethyl adjacent to an activating group) is 1. The van der Waals surface area contributed by atoms with Crippen molar-refractivity contribution in [2.24, 2.45) is 0 Å². The Morgan fingerprint density at radius 1 is 1.21 bits per heavy atom. The lowest BCUT2D eigenvalue weighted by Crippen LogP contribution is -2.24. The Kier molecular flexibility index (Phi) is 2.69. The van der Waals surface area contributed by atoms with Gasteiger partial charge in [0.1, 0.15) is 0 Å². The fourth-order valence-corrected chi connectivity index (χ4v) is 1.98. The number of hydrogen-bond acceptors (Lipinski definition) is 1.